The van der Waals surface area contributed by atoms with Crippen LogP contribution in [-0.4, -0.2) is 22.8 Å². The van der Waals surface area contributed by atoms with Gasteiger partial charge in [0.25, 0.3) is 5.91 Å². The van der Waals surface area contributed by atoms with Crippen LogP contribution < -0.4 is 11.1 Å². The summed E-state index contributed by atoms with van der Waals surface area (Å²) >= 11 is 0. The third-order valence-corrected chi connectivity index (χ3v) is 2.75. The zero-order valence-corrected chi connectivity index (χ0v) is 11.2. The Bertz CT molecular complexity index is 604. The van der Waals surface area contributed by atoms with Crippen molar-refractivity contribution in [2.45, 2.75) is 19.9 Å². The van der Waals surface area contributed by atoms with E-state index in [1.54, 1.807) is 13.8 Å². The first-order valence-corrected chi connectivity index (χ1v) is 5.89. The van der Waals surface area contributed by atoms with Gasteiger partial charge in [-0.05, 0) is 12.0 Å². The van der Waals surface area contributed by atoms with Crippen molar-refractivity contribution < 1.29 is 23.3 Å². The standard InChI is InChI=1S/C12H13F2N3O4/c1-5(2)10(11(15)18)16-12(19)8-6(13)3-4-7(9(8)14)17(20)21/h3-5,10H,1-2H3,(H2,15,18)(H,16,19). The number of hydrogen-bond acceptors (Lipinski definition) is 4. The van der Waals surface area contributed by atoms with Crippen molar-refractivity contribution in [2.75, 3.05) is 0 Å². The fourth-order valence-electron chi connectivity index (χ4n) is 1.67. The first-order valence-electron chi connectivity index (χ1n) is 5.89. The summed E-state index contributed by atoms with van der Waals surface area (Å²) in [6, 6.07) is 0.0517. The third kappa shape index (κ3) is 3.50. The number of rotatable bonds is 5. The molecule has 114 valence electrons. The van der Waals surface area contributed by atoms with Gasteiger partial charge < -0.3 is 11.1 Å². The quantitative estimate of drug-likeness (QED) is 0.626. The van der Waals surface area contributed by atoms with Crippen molar-refractivity contribution in [2.24, 2.45) is 11.7 Å². The van der Waals surface area contributed by atoms with Crippen LogP contribution in [0.4, 0.5) is 14.5 Å². The number of halogens is 2. The van der Waals surface area contributed by atoms with E-state index in [0.29, 0.717) is 12.1 Å². The molecule has 1 rings (SSSR count). The Kier molecular flexibility index (Phi) is 4.90. The Balaban J connectivity index is 3.21. The number of carbonyl (C=O) groups is 2. The van der Waals surface area contributed by atoms with Crippen LogP contribution in [-0.2, 0) is 4.79 Å². The molecule has 0 aromatic heterocycles. The second-order valence-corrected chi connectivity index (χ2v) is 4.61. The van der Waals surface area contributed by atoms with E-state index in [-0.39, 0.29) is 0 Å². The Morgan fingerprint density at radius 3 is 2.33 bits per heavy atom. The van der Waals surface area contributed by atoms with Gasteiger partial charge in [0.15, 0.2) is 0 Å². The highest BCUT2D eigenvalue weighted by atomic mass is 19.1. The van der Waals surface area contributed by atoms with Gasteiger partial charge >= 0.3 is 5.69 Å². The van der Waals surface area contributed by atoms with E-state index in [9.17, 15) is 28.5 Å². The Hall–Kier alpha value is -2.58. The molecular formula is C12H13F2N3O4. The van der Waals surface area contributed by atoms with Crippen molar-refractivity contribution in [3.63, 3.8) is 0 Å². The van der Waals surface area contributed by atoms with Crippen molar-refractivity contribution in [1.29, 1.82) is 0 Å². The lowest BCUT2D eigenvalue weighted by atomic mass is 10.0. The molecule has 0 saturated heterocycles. The van der Waals surface area contributed by atoms with Crippen molar-refractivity contribution in [1.82, 2.24) is 5.32 Å². The normalized spacial score (nSPS) is 12.0. The minimum Gasteiger partial charge on any atom is -0.368 e. The molecule has 0 aliphatic rings. The zero-order valence-electron chi connectivity index (χ0n) is 11.2. The Morgan fingerprint density at radius 2 is 1.90 bits per heavy atom. The molecule has 9 heteroatoms. The van der Waals surface area contributed by atoms with Gasteiger partial charge in [0, 0.05) is 6.07 Å². The summed E-state index contributed by atoms with van der Waals surface area (Å²) in [6.07, 6.45) is 0. The molecule has 1 unspecified atom stereocenters. The van der Waals surface area contributed by atoms with Gasteiger partial charge in [0.2, 0.25) is 11.7 Å². The maximum Gasteiger partial charge on any atom is 0.305 e. The van der Waals surface area contributed by atoms with Crippen LogP contribution in [0.3, 0.4) is 0 Å². The predicted molar refractivity (Wildman–Crippen MR) is 68.3 cm³/mol. The lowest BCUT2D eigenvalue weighted by Gasteiger charge is -2.19. The minimum absolute atomic E-state index is 0.420. The van der Waals surface area contributed by atoms with Crippen LogP contribution in [0.2, 0.25) is 0 Å². The zero-order chi connectivity index (χ0) is 16.3. The molecule has 0 radical (unpaired) electrons. The Labute approximate surface area is 118 Å². The smallest absolute Gasteiger partial charge is 0.305 e. The second-order valence-electron chi connectivity index (χ2n) is 4.61. The SMILES string of the molecule is CC(C)C(NC(=O)c1c(F)ccc([N+](=O)[O-])c1F)C(N)=O. The van der Waals surface area contributed by atoms with Crippen LogP contribution in [0.5, 0.6) is 0 Å². The highest BCUT2D eigenvalue weighted by Gasteiger charge is 2.29. The third-order valence-electron chi connectivity index (χ3n) is 2.75. The maximum atomic E-state index is 13.8. The Morgan fingerprint density at radius 1 is 1.33 bits per heavy atom. The number of amides is 2. The molecule has 21 heavy (non-hydrogen) atoms. The molecular weight excluding hydrogens is 288 g/mol. The summed E-state index contributed by atoms with van der Waals surface area (Å²) in [5, 5.41) is 12.6. The number of hydrogen-bond donors (Lipinski definition) is 2. The molecule has 1 aromatic rings. The highest BCUT2D eigenvalue weighted by molar-refractivity contribution is 5.98. The van der Waals surface area contributed by atoms with E-state index in [1.165, 1.54) is 0 Å². The largest absolute Gasteiger partial charge is 0.368 e. The predicted octanol–water partition coefficient (Wildman–Crippen LogP) is 1.11. The van der Waals surface area contributed by atoms with E-state index in [1.807, 2.05) is 0 Å². The van der Waals surface area contributed by atoms with E-state index in [2.05, 4.69) is 5.32 Å². The van der Waals surface area contributed by atoms with Gasteiger partial charge in [-0.25, -0.2) is 4.39 Å². The summed E-state index contributed by atoms with van der Waals surface area (Å²) < 4.78 is 27.4. The summed E-state index contributed by atoms with van der Waals surface area (Å²) in [4.78, 5) is 32.5. The van der Waals surface area contributed by atoms with Gasteiger partial charge in [0.05, 0.1) is 4.92 Å². The van der Waals surface area contributed by atoms with Gasteiger partial charge in [-0.2, -0.15) is 4.39 Å². The lowest BCUT2D eigenvalue weighted by molar-refractivity contribution is -0.387. The molecule has 1 atom stereocenters. The number of nitro groups is 1. The maximum absolute atomic E-state index is 13.8. The first-order chi connectivity index (χ1) is 9.66. The monoisotopic (exact) mass is 301 g/mol. The fourth-order valence-corrected chi connectivity index (χ4v) is 1.67. The molecule has 0 fully saturated rings. The summed E-state index contributed by atoms with van der Waals surface area (Å²) in [5.41, 5.74) is 2.90. The summed E-state index contributed by atoms with van der Waals surface area (Å²) in [6.45, 7) is 3.13. The number of nitrogens with one attached hydrogen (secondary N) is 1. The molecule has 0 bridgehead atoms. The van der Waals surface area contributed by atoms with E-state index < -0.39 is 51.6 Å². The van der Waals surface area contributed by atoms with E-state index in [0.717, 1.165) is 0 Å². The van der Waals surface area contributed by atoms with Crippen molar-refractivity contribution >= 4 is 17.5 Å². The van der Waals surface area contributed by atoms with Gasteiger partial charge in [0.1, 0.15) is 17.4 Å². The molecule has 0 saturated carbocycles. The summed E-state index contributed by atoms with van der Waals surface area (Å²) in [7, 11) is 0. The van der Waals surface area contributed by atoms with Crippen molar-refractivity contribution in [3.05, 3.63) is 39.4 Å². The minimum atomic E-state index is -1.61. The van der Waals surface area contributed by atoms with Crippen LogP contribution in [0, 0.1) is 27.7 Å². The number of carbonyl (C=O) groups excluding carboxylic acids is 2. The van der Waals surface area contributed by atoms with Crippen LogP contribution in [0.25, 0.3) is 0 Å². The highest BCUT2D eigenvalue weighted by Crippen LogP contribution is 2.23. The van der Waals surface area contributed by atoms with E-state index in [4.69, 9.17) is 5.73 Å². The van der Waals surface area contributed by atoms with Crippen LogP contribution in [0.1, 0.15) is 24.2 Å². The molecule has 7 nitrogen and oxygen atoms in total. The number of nitrogens with two attached hydrogens (primary N) is 1. The van der Waals surface area contributed by atoms with Gasteiger partial charge in [-0.15, -0.1) is 0 Å². The molecule has 1 aromatic carbocycles. The van der Waals surface area contributed by atoms with Gasteiger partial charge in [-0.1, -0.05) is 13.8 Å². The number of benzene rings is 1. The summed E-state index contributed by atoms with van der Waals surface area (Å²) in [5.74, 6) is -5.47. The average Bonchev–Trinajstić information content (AvgIpc) is 2.34. The van der Waals surface area contributed by atoms with E-state index >= 15 is 0 Å². The van der Waals surface area contributed by atoms with Crippen LogP contribution >= 0.6 is 0 Å². The van der Waals surface area contributed by atoms with Gasteiger partial charge in [-0.3, -0.25) is 19.7 Å². The van der Waals surface area contributed by atoms with Crippen LogP contribution in [0.15, 0.2) is 12.1 Å². The molecule has 0 aliphatic carbocycles. The second kappa shape index (κ2) is 6.25. The molecule has 3 N–H and O–H groups in total. The molecule has 0 heterocycles. The fraction of sp³-hybridized carbons (Fsp3) is 0.333. The molecule has 0 aliphatic heterocycles. The first kappa shape index (κ1) is 16.5. The molecule has 0 spiro atoms. The number of primary amides is 1. The number of nitro benzene ring substituents is 1. The average molecular weight is 301 g/mol. The topological polar surface area (TPSA) is 115 Å². The molecule has 2 amide bonds. The number of nitrogens with zero attached hydrogens (tertiary/aromatic N) is 1. The van der Waals surface area contributed by atoms with Crippen molar-refractivity contribution in [3.8, 4) is 0 Å². The lowest BCUT2D eigenvalue weighted by Crippen LogP contribution is -2.48.